The van der Waals surface area contributed by atoms with Gasteiger partial charge in [-0.05, 0) is 54.1 Å². The average Bonchev–Trinajstić information content (AvgIpc) is 3.15. The normalized spacial score (nSPS) is 14.7. The van der Waals surface area contributed by atoms with E-state index < -0.39 is 23.2 Å². The van der Waals surface area contributed by atoms with E-state index in [2.05, 4.69) is 15.6 Å². The van der Waals surface area contributed by atoms with Crippen LogP contribution in [0.2, 0.25) is 5.02 Å². The second-order valence-electron chi connectivity index (χ2n) is 7.86. The molecule has 3 aromatic rings. The highest BCUT2D eigenvalue weighted by Crippen LogP contribution is 2.32. The second-order valence-corrected chi connectivity index (χ2v) is 9.46. The summed E-state index contributed by atoms with van der Waals surface area (Å²) in [7, 11) is 0. The molecule has 3 N–H and O–H groups in total. The summed E-state index contributed by atoms with van der Waals surface area (Å²) in [6.45, 7) is 0.906. The lowest BCUT2D eigenvalue weighted by molar-refractivity contribution is -0.0328. The number of aromatic amines is 1. The Morgan fingerprint density at radius 2 is 1.89 bits per heavy atom. The van der Waals surface area contributed by atoms with E-state index in [9.17, 15) is 26.7 Å². The smallest absolute Gasteiger partial charge is 0.359 e. The summed E-state index contributed by atoms with van der Waals surface area (Å²) in [5.74, 6) is -1.79. The van der Waals surface area contributed by atoms with Gasteiger partial charge in [0, 0.05) is 58.8 Å². The van der Waals surface area contributed by atoms with Gasteiger partial charge >= 0.3 is 11.5 Å². The SMILES string of the molecule is O=C(Nc1cc(F)c(C2=CCN(CCSC(F)(F)F)CC2)c(F)c1)Nc1c[nH]c2ccc(Cl)cc12. The minimum absolute atomic E-state index is 0.0682. The van der Waals surface area contributed by atoms with E-state index in [1.807, 2.05) is 0 Å². The average molecular weight is 531 g/mol. The summed E-state index contributed by atoms with van der Waals surface area (Å²) in [5, 5.41) is 6.19. The molecule has 2 amide bonds. The molecule has 0 spiro atoms. The first kappa shape index (κ1) is 25.3. The molecule has 0 saturated carbocycles. The maximum Gasteiger partial charge on any atom is 0.441 e. The van der Waals surface area contributed by atoms with Crippen molar-refractivity contribution < 1.29 is 26.7 Å². The molecule has 2 heterocycles. The van der Waals surface area contributed by atoms with Gasteiger partial charge in [-0.2, -0.15) is 13.2 Å². The van der Waals surface area contributed by atoms with Gasteiger partial charge in [0.1, 0.15) is 11.6 Å². The lowest BCUT2D eigenvalue weighted by Gasteiger charge is -2.26. The fraction of sp³-hybridized carbons (Fsp3) is 0.261. The molecule has 0 radical (unpaired) electrons. The molecule has 186 valence electrons. The minimum atomic E-state index is -4.28. The van der Waals surface area contributed by atoms with E-state index in [1.54, 1.807) is 35.4 Å². The van der Waals surface area contributed by atoms with Crippen molar-refractivity contribution >= 4 is 57.2 Å². The summed E-state index contributed by atoms with van der Waals surface area (Å²) in [6.07, 6.45) is 3.48. The molecule has 0 aliphatic carbocycles. The molecule has 1 aliphatic heterocycles. The van der Waals surface area contributed by atoms with Gasteiger partial charge in [-0.3, -0.25) is 4.90 Å². The molecule has 1 aromatic heterocycles. The largest absolute Gasteiger partial charge is 0.441 e. The Labute approximate surface area is 206 Å². The Morgan fingerprint density at radius 3 is 2.54 bits per heavy atom. The first-order valence-corrected chi connectivity index (χ1v) is 11.9. The number of nitrogens with zero attached hydrogens (tertiary/aromatic N) is 1. The number of carbonyl (C=O) groups is 1. The van der Waals surface area contributed by atoms with Crippen LogP contribution in [0.3, 0.4) is 0 Å². The van der Waals surface area contributed by atoms with E-state index in [-0.39, 0.29) is 35.3 Å². The molecule has 0 fully saturated rings. The number of anilines is 2. The third-order valence-electron chi connectivity index (χ3n) is 5.48. The van der Waals surface area contributed by atoms with Gasteiger partial charge in [-0.25, -0.2) is 13.6 Å². The van der Waals surface area contributed by atoms with Crippen LogP contribution in [0.4, 0.5) is 38.1 Å². The van der Waals surface area contributed by atoms with Crippen LogP contribution >= 0.6 is 23.4 Å². The van der Waals surface area contributed by atoms with Crippen molar-refractivity contribution in [3.05, 3.63) is 64.8 Å². The van der Waals surface area contributed by atoms with Crippen molar-refractivity contribution in [2.24, 2.45) is 0 Å². The van der Waals surface area contributed by atoms with Gasteiger partial charge < -0.3 is 15.6 Å². The molecular weight excluding hydrogens is 511 g/mol. The summed E-state index contributed by atoms with van der Waals surface area (Å²) in [4.78, 5) is 17.2. The van der Waals surface area contributed by atoms with Crippen molar-refractivity contribution in [2.45, 2.75) is 11.9 Å². The highest BCUT2D eigenvalue weighted by Gasteiger charge is 2.28. The van der Waals surface area contributed by atoms with Crippen LogP contribution in [0.5, 0.6) is 0 Å². The van der Waals surface area contributed by atoms with Gasteiger partial charge in [-0.1, -0.05) is 17.7 Å². The lowest BCUT2D eigenvalue weighted by Crippen LogP contribution is -2.31. The minimum Gasteiger partial charge on any atom is -0.359 e. The van der Waals surface area contributed by atoms with Gasteiger partial charge in [0.15, 0.2) is 0 Å². The molecule has 1 aliphatic rings. The number of carbonyl (C=O) groups excluding carboxylic acids is 1. The van der Waals surface area contributed by atoms with Crippen LogP contribution in [-0.4, -0.2) is 46.8 Å². The Balaban J connectivity index is 1.39. The van der Waals surface area contributed by atoms with Crippen LogP contribution in [0, 0.1) is 11.6 Å². The molecule has 0 saturated heterocycles. The third kappa shape index (κ3) is 6.47. The van der Waals surface area contributed by atoms with E-state index in [0.29, 0.717) is 41.2 Å². The van der Waals surface area contributed by atoms with Gasteiger partial charge in [-0.15, -0.1) is 0 Å². The predicted octanol–water partition coefficient (Wildman–Crippen LogP) is 7.09. The molecule has 0 unspecified atom stereocenters. The van der Waals surface area contributed by atoms with Crippen LogP contribution in [0.15, 0.2) is 42.6 Å². The fourth-order valence-electron chi connectivity index (χ4n) is 3.86. The fourth-order valence-corrected chi connectivity index (χ4v) is 4.62. The number of benzene rings is 2. The second kappa shape index (κ2) is 10.5. The lowest BCUT2D eigenvalue weighted by atomic mass is 9.98. The number of hydrogen-bond acceptors (Lipinski definition) is 3. The van der Waals surface area contributed by atoms with Crippen LogP contribution in [0.1, 0.15) is 12.0 Å². The predicted molar refractivity (Wildman–Crippen MR) is 130 cm³/mol. The molecule has 0 bridgehead atoms. The summed E-state index contributed by atoms with van der Waals surface area (Å²) in [6, 6.07) is 6.48. The Kier molecular flexibility index (Phi) is 7.58. The van der Waals surface area contributed by atoms with E-state index in [1.165, 1.54) is 0 Å². The summed E-state index contributed by atoms with van der Waals surface area (Å²) < 4.78 is 66.4. The van der Waals surface area contributed by atoms with E-state index in [4.69, 9.17) is 11.6 Å². The summed E-state index contributed by atoms with van der Waals surface area (Å²) >= 11 is 5.91. The number of H-pyrrole nitrogens is 1. The van der Waals surface area contributed by atoms with Crippen molar-refractivity contribution in [1.82, 2.24) is 9.88 Å². The highest BCUT2D eigenvalue weighted by molar-refractivity contribution is 8.00. The Morgan fingerprint density at radius 1 is 1.14 bits per heavy atom. The number of nitrogens with one attached hydrogen (secondary N) is 3. The van der Waals surface area contributed by atoms with Gasteiger partial charge in [0.05, 0.1) is 5.69 Å². The first-order chi connectivity index (χ1) is 16.6. The standard InChI is InChI=1S/C23H20ClF5N4OS/c24-14-1-2-19-16(9-14)20(12-30-19)32-22(34)31-15-10-17(25)21(18(26)11-15)13-3-5-33(6-4-13)7-8-35-23(27,28)29/h1-3,9-12,30H,4-8H2,(H2,31,32,34). The topological polar surface area (TPSA) is 60.2 Å². The zero-order valence-corrected chi connectivity index (χ0v) is 19.7. The molecule has 2 aromatic carbocycles. The number of fused-ring (bicyclic) bond motifs is 1. The molecule has 12 heteroatoms. The number of amides is 2. The van der Waals surface area contributed by atoms with Crippen molar-refractivity contribution in [2.75, 3.05) is 36.0 Å². The number of alkyl halides is 3. The molecule has 35 heavy (non-hydrogen) atoms. The molecular formula is C23H20ClF5N4OS. The van der Waals surface area contributed by atoms with Crippen LogP contribution in [-0.2, 0) is 0 Å². The van der Waals surface area contributed by atoms with Crippen molar-refractivity contribution in [3.63, 3.8) is 0 Å². The zero-order valence-electron chi connectivity index (χ0n) is 18.1. The number of thioether (sulfide) groups is 1. The van der Waals surface area contributed by atoms with E-state index >= 15 is 0 Å². The number of rotatable bonds is 6. The third-order valence-corrected chi connectivity index (χ3v) is 6.43. The van der Waals surface area contributed by atoms with Crippen molar-refractivity contribution in [1.29, 1.82) is 0 Å². The zero-order chi connectivity index (χ0) is 25.2. The van der Waals surface area contributed by atoms with Gasteiger partial charge in [0.2, 0.25) is 0 Å². The maximum atomic E-state index is 14.8. The quantitative estimate of drug-likeness (QED) is 0.298. The number of halogens is 6. The highest BCUT2D eigenvalue weighted by atomic mass is 35.5. The molecule has 5 nitrogen and oxygen atoms in total. The Hall–Kier alpha value is -2.76. The van der Waals surface area contributed by atoms with Crippen LogP contribution < -0.4 is 10.6 Å². The molecule has 4 rings (SSSR count). The van der Waals surface area contributed by atoms with E-state index in [0.717, 1.165) is 17.6 Å². The van der Waals surface area contributed by atoms with Gasteiger partial charge in [0.25, 0.3) is 0 Å². The number of aromatic nitrogens is 1. The summed E-state index contributed by atoms with van der Waals surface area (Å²) in [5.41, 5.74) is -2.91. The van der Waals surface area contributed by atoms with Crippen molar-refractivity contribution in [3.8, 4) is 0 Å². The maximum absolute atomic E-state index is 14.8. The Bertz CT molecular complexity index is 1250. The molecule has 0 atom stereocenters. The number of urea groups is 1. The monoisotopic (exact) mass is 530 g/mol. The number of hydrogen-bond donors (Lipinski definition) is 3. The first-order valence-electron chi connectivity index (χ1n) is 10.6. The van der Waals surface area contributed by atoms with Crippen LogP contribution in [0.25, 0.3) is 16.5 Å².